The van der Waals surface area contributed by atoms with Crippen molar-refractivity contribution in [3.8, 4) is 0 Å². The van der Waals surface area contributed by atoms with E-state index in [1.165, 1.54) is 49.9 Å². The first kappa shape index (κ1) is 20.6. The summed E-state index contributed by atoms with van der Waals surface area (Å²) in [4.78, 5) is 4.59. The van der Waals surface area contributed by atoms with Crippen molar-refractivity contribution in [3.05, 3.63) is 25.3 Å². The van der Waals surface area contributed by atoms with Crippen molar-refractivity contribution >= 4 is 22.4 Å². The van der Waals surface area contributed by atoms with Gasteiger partial charge < -0.3 is 0 Å². The van der Waals surface area contributed by atoms with Crippen LogP contribution in [-0.2, 0) is 0 Å². The Hall–Kier alpha value is -0.416. The summed E-state index contributed by atoms with van der Waals surface area (Å²) in [6.07, 6.45) is 11.7. The zero-order chi connectivity index (χ0) is 16.2. The predicted octanol–water partition coefficient (Wildman–Crippen LogP) is 6.41. The van der Waals surface area contributed by atoms with Gasteiger partial charge in [0, 0.05) is 6.54 Å². The second-order valence-corrected chi connectivity index (χ2v) is 18.2. The Labute approximate surface area is 135 Å². The molecular weight excluding hydrogens is 286 g/mol. The van der Waals surface area contributed by atoms with Gasteiger partial charge in [0.2, 0.25) is 0 Å². The first-order chi connectivity index (χ1) is 9.83. The summed E-state index contributed by atoms with van der Waals surface area (Å²) < 4.78 is 0. The first-order valence-electron chi connectivity index (χ1n) is 8.53. The maximum absolute atomic E-state index is 4.59. The number of nitrogens with zero attached hydrogens (tertiary/aromatic N) is 1. The van der Waals surface area contributed by atoms with Gasteiger partial charge in [0.1, 0.15) is 0 Å². The highest BCUT2D eigenvalue weighted by atomic mass is 28.3. The molecule has 0 aromatic rings. The minimum Gasteiger partial charge on any atom is -0.298 e. The van der Waals surface area contributed by atoms with E-state index in [0.717, 1.165) is 6.54 Å². The van der Waals surface area contributed by atoms with E-state index in [2.05, 4.69) is 62.7 Å². The zero-order valence-electron chi connectivity index (χ0n) is 15.0. The second-order valence-electron chi connectivity index (χ2n) is 7.77. The third kappa shape index (κ3) is 13.0. The van der Waals surface area contributed by atoms with Crippen molar-refractivity contribution in [3.63, 3.8) is 0 Å². The Bertz CT molecular complexity index is 319. The van der Waals surface area contributed by atoms with Crippen LogP contribution in [-0.4, -0.2) is 28.9 Å². The zero-order valence-corrected chi connectivity index (χ0v) is 17.0. The van der Waals surface area contributed by atoms with Crippen molar-refractivity contribution in [2.24, 2.45) is 4.99 Å². The molecule has 0 spiro atoms. The highest BCUT2D eigenvalue weighted by Gasteiger charge is 2.17. The molecule has 0 saturated carbocycles. The van der Waals surface area contributed by atoms with Gasteiger partial charge in [0.05, 0.1) is 16.1 Å². The molecular formula is C18H37NSi2. The Balaban J connectivity index is 3.56. The maximum Gasteiger partial charge on any atom is 0.0565 e. The molecule has 0 atom stereocenters. The van der Waals surface area contributed by atoms with Crippen molar-refractivity contribution < 1.29 is 0 Å². The van der Waals surface area contributed by atoms with E-state index in [-0.39, 0.29) is 0 Å². The molecule has 122 valence electrons. The van der Waals surface area contributed by atoms with Crippen LogP contribution in [0.1, 0.15) is 25.7 Å². The minimum atomic E-state index is -1.08. The lowest BCUT2D eigenvalue weighted by Crippen LogP contribution is -2.24. The quantitative estimate of drug-likeness (QED) is 0.161. The third-order valence-corrected chi connectivity index (χ3v) is 9.84. The lowest BCUT2D eigenvalue weighted by Gasteiger charge is -2.19. The fourth-order valence-corrected chi connectivity index (χ4v) is 6.29. The first-order valence-corrected chi connectivity index (χ1v) is 15.4. The average molecular weight is 324 g/mol. The summed E-state index contributed by atoms with van der Waals surface area (Å²) in [7, 11) is -2.05. The van der Waals surface area contributed by atoms with Gasteiger partial charge in [-0.1, -0.05) is 63.6 Å². The number of hydrogen-bond donors (Lipinski definition) is 0. The van der Waals surface area contributed by atoms with Crippen LogP contribution in [0.3, 0.4) is 0 Å². The van der Waals surface area contributed by atoms with Crippen molar-refractivity contribution in [1.29, 1.82) is 0 Å². The highest BCUT2D eigenvalue weighted by molar-refractivity contribution is 6.79. The van der Waals surface area contributed by atoms with Crippen LogP contribution in [0.2, 0.25) is 50.4 Å². The van der Waals surface area contributed by atoms with Crippen LogP contribution < -0.4 is 0 Å². The summed E-state index contributed by atoms with van der Waals surface area (Å²) in [5, 5.41) is 0. The molecule has 0 aliphatic heterocycles. The summed E-state index contributed by atoms with van der Waals surface area (Å²) in [5.41, 5.74) is 0. The number of hydrogen-bond acceptors (Lipinski definition) is 1. The van der Waals surface area contributed by atoms with Crippen molar-refractivity contribution in [2.75, 3.05) is 6.54 Å². The van der Waals surface area contributed by atoms with E-state index in [4.69, 9.17) is 0 Å². The van der Waals surface area contributed by atoms with Crippen LogP contribution in [0.25, 0.3) is 0 Å². The molecule has 0 rings (SSSR count). The normalized spacial score (nSPS) is 12.8. The van der Waals surface area contributed by atoms with Crippen molar-refractivity contribution in [2.45, 2.75) is 76.0 Å². The lowest BCUT2D eigenvalue weighted by atomic mass is 10.2. The largest absolute Gasteiger partial charge is 0.298 e. The number of allylic oxidation sites excluding steroid dienone is 2. The average Bonchev–Trinajstić information content (AvgIpc) is 2.36. The lowest BCUT2D eigenvalue weighted by molar-refractivity contribution is 0.671. The molecule has 0 N–H and O–H groups in total. The predicted molar refractivity (Wildman–Crippen MR) is 106 cm³/mol. The van der Waals surface area contributed by atoms with E-state index >= 15 is 0 Å². The van der Waals surface area contributed by atoms with E-state index in [1.807, 2.05) is 0 Å². The molecule has 21 heavy (non-hydrogen) atoms. The van der Waals surface area contributed by atoms with Crippen LogP contribution in [0.15, 0.2) is 30.3 Å². The fraction of sp³-hybridized carbons (Fsp3) is 0.722. The molecule has 0 aromatic carbocycles. The van der Waals surface area contributed by atoms with Crippen molar-refractivity contribution in [1.82, 2.24) is 0 Å². The molecule has 0 aromatic heterocycles. The van der Waals surface area contributed by atoms with Gasteiger partial charge in [0.15, 0.2) is 0 Å². The number of unbranched alkanes of at least 4 members (excludes halogenated alkanes) is 3. The molecule has 0 aliphatic rings. The summed E-state index contributed by atoms with van der Waals surface area (Å²) in [6, 6.07) is 5.11. The fourth-order valence-electron chi connectivity index (χ4n) is 2.53. The molecule has 0 heterocycles. The topological polar surface area (TPSA) is 12.4 Å². The minimum absolute atomic E-state index is 0.965. The molecule has 3 heteroatoms. The maximum atomic E-state index is 4.59. The SMILES string of the molecule is C=CC[Si](C)(C)CC=NCCCCCC[Si](C)(C)CC=C. The van der Waals surface area contributed by atoms with Gasteiger partial charge in [-0.2, -0.15) is 0 Å². The molecule has 0 fully saturated rings. The highest BCUT2D eigenvalue weighted by Crippen LogP contribution is 2.19. The summed E-state index contributed by atoms with van der Waals surface area (Å²) in [5.74, 6) is 0. The Morgan fingerprint density at radius 1 is 0.762 bits per heavy atom. The molecule has 1 nitrogen and oxygen atoms in total. The molecule has 0 bridgehead atoms. The smallest absolute Gasteiger partial charge is 0.0565 e. The Morgan fingerprint density at radius 3 is 1.95 bits per heavy atom. The molecule has 0 radical (unpaired) electrons. The van der Waals surface area contributed by atoms with Crippen LogP contribution in [0, 0.1) is 0 Å². The van der Waals surface area contributed by atoms with Gasteiger partial charge >= 0.3 is 0 Å². The Kier molecular flexibility index (Phi) is 11.0. The summed E-state index contributed by atoms with van der Waals surface area (Å²) >= 11 is 0. The number of aliphatic imine (C=N–C) groups is 1. The monoisotopic (exact) mass is 323 g/mol. The van der Waals surface area contributed by atoms with Gasteiger partial charge in [-0.05, 0) is 30.8 Å². The van der Waals surface area contributed by atoms with Gasteiger partial charge in [0.25, 0.3) is 0 Å². The van der Waals surface area contributed by atoms with Gasteiger partial charge in [-0.3, -0.25) is 4.99 Å². The third-order valence-electron chi connectivity index (χ3n) is 4.06. The van der Waals surface area contributed by atoms with E-state index in [1.54, 1.807) is 0 Å². The van der Waals surface area contributed by atoms with Crippen LogP contribution >= 0.6 is 0 Å². The van der Waals surface area contributed by atoms with Gasteiger partial charge in [-0.15, -0.1) is 13.2 Å². The number of rotatable bonds is 13. The molecule has 0 unspecified atom stereocenters. The van der Waals surface area contributed by atoms with Crippen LogP contribution in [0.5, 0.6) is 0 Å². The Morgan fingerprint density at radius 2 is 1.33 bits per heavy atom. The van der Waals surface area contributed by atoms with Gasteiger partial charge in [-0.25, -0.2) is 0 Å². The standard InChI is InChI=1S/C18H37NSi2/c1-7-15-20(3,4)17-12-10-9-11-13-19-14-18-21(5,6)16-8-2/h7-8,14H,1-2,9-13,15-18H2,3-6H3. The molecule has 0 aliphatic carbocycles. The summed E-state index contributed by atoms with van der Waals surface area (Å²) in [6.45, 7) is 18.5. The molecule has 0 saturated heterocycles. The van der Waals surface area contributed by atoms with Crippen LogP contribution in [0.4, 0.5) is 0 Å². The second kappa shape index (κ2) is 11.2. The van der Waals surface area contributed by atoms with E-state index in [0.29, 0.717) is 0 Å². The van der Waals surface area contributed by atoms with E-state index in [9.17, 15) is 0 Å². The molecule has 0 amide bonds. The van der Waals surface area contributed by atoms with E-state index < -0.39 is 16.1 Å².